The lowest BCUT2D eigenvalue weighted by molar-refractivity contribution is 0.0981. The van der Waals surface area contributed by atoms with Crippen LogP contribution < -0.4 is 4.90 Å². The normalized spacial score (nSPS) is 18.9. The van der Waals surface area contributed by atoms with E-state index in [-0.39, 0.29) is 17.1 Å². The minimum atomic E-state index is -0.245. The number of carbonyl (C=O) groups is 1. The van der Waals surface area contributed by atoms with Crippen LogP contribution in [-0.4, -0.2) is 37.0 Å². The van der Waals surface area contributed by atoms with Crippen LogP contribution in [0.5, 0.6) is 0 Å². The summed E-state index contributed by atoms with van der Waals surface area (Å²) in [6.07, 6.45) is 3.73. The number of nitrogens with zero attached hydrogens (tertiary/aromatic N) is 2. The molecule has 2 aliphatic rings. The van der Waals surface area contributed by atoms with E-state index in [1.165, 1.54) is 17.4 Å². The first-order valence-corrected chi connectivity index (χ1v) is 9.92. The van der Waals surface area contributed by atoms with Crippen LogP contribution >= 0.6 is 22.9 Å². The first kappa shape index (κ1) is 17.7. The van der Waals surface area contributed by atoms with Gasteiger partial charge in [0.15, 0.2) is 0 Å². The van der Waals surface area contributed by atoms with Crippen LogP contribution in [0, 0.1) is 5.82 Å². The largest absolute Gasteiger partial charge is 0.306 e. The molecule has 4 rings (SSSR count). The third-order valence-corrected chi connectivity index (χ3v) is 6.73. The summed E-state index contributed by atoms with van der Waals surface area (Å²) in [4.78, 5) is 17.8. The minimum Gasteiger partial charge on any atom is -0.306 e. The van der Waals surface area contributed by atoms with Crippen molar-refractivity contribution in [2.75, 3.05) is 31.1 Å². The maximum absolute atomic E-state index is 14.0. The second-order valence-corrected chi connectivity index (χ2v) is 8.74. The summed E-state index contributed by atoms with van der Waals surface area (Å²) in [5.41, 5.74) is 1.62. The fourth-order valence-corrected chi connectivity index (χ4v) is 5.15. The van der Waals surface area contributed by atoms with Gasteiger partial charge in [-0.15, -0.1) is 17.9 Å². The number of amides is 1. The Bertz CT molecular complexity index is 857. The third-order valence-electron chi connectivity index (χ3n) is 5.51. The van der Waals surface area contributed by atoms with E-state index in [0.29, 0.717) is 15.8 Å². The summed E-state index contributed by atoms with van der Waals surface area (Å²) in [5, 5.41) is 0. The molecular formula is C20H20ClFN2OS. The van der Waals surface area contributed by atoms with E-state index in [9.17, 15) is 9.18 Å². The Hall–Kier alpha value is -1.69. The molecule has 0 saturated carbocycles. The zero-order chi connectivity index (χ0) is 18.3. The van der Waals surface area contributed by atoms with Gasteiger partial charge in [0.1, 0.15) is 5.82 Å². The van der Waals surface area contributed by atoms with Gasteiger partial charge in [-0.3, -0.25) is 9.69 Å². The van der Waals surface area contributed by atoms with Crippen LogP contribution in [0.3, 0.4) is 0 Å². The number of rotatable bonds is 3. The van der Waals surface area contributed by atoms with Crippen molar-refractivity contribution in [1.82, 2.24) is 4.90 Å². The van der Waals surface area contributed by atoms with Crippen molar-refractivity contribution in [2.45, 2.75) is 18.3 Å². The summed E-state index contributed by atoms with van der Waals surface area (Å²) in [7, 11) is 0. The highest BCUT2D eigenvalue weighted by atomic mass is 35.5. The SMILES string of the molecule is C=CCN1CCC2(CC1)CN(C(=O)c1ccc(Cl)s1)c1ccc(F)cc12. The van der Waals surface area contributed by atoms with Crippen LogP contribution in [0.4, 0.5) is 10.1 Å². The Labute approximate surface area is 161 Å². The molecule has 26 heavy (non-hydrogen) atoms. The molecule has 136 valence electrons. The molecule has 1 aromatic heterocycles. The first-order chi connectivity index (χ1) is 12.5. The van der Waals surface area contributed by atoms with Gasteiger partial charge in [0.05, 0.1) is 9.21 Å². The zero-order valence-electron chi connectivity index (χ0n) is 14.4. The van der Waals surface area contributed by atoms with Crippen molar-refractivity contribution in [3.8, 4) is 0 Å². The van der Waals surface area contributed by atoms with Gasteiger partial charge in [-0.25, -0.2) is 4.39 Å². The molecule has 1 spiro atoms. The molecule has 1 aromatic carbocycles. The molecule has 0 N–H and O–H groups in total. The van der Waals surface area contributed by atoms with Gasteiger partial charge in [0.25, 0.3) is 5.91 Å². The lowest BCUT2D eigenvalue weighted by Gasteiger charge is -2.39. The van der Waals surface area contributed by atoms with Gasteiger partial charge in [0.2, 0.25) is 0 Å². The van der Waals surface area contributed by atoms with E-state index in [1.54, 1.807) is 29.2 Å². The number of hydrogen-bond donors (Lipinski definition) is 0. The third kappa shape index (κ3) is 2.98. The van der Waals surface area contributed by atoms with Gasteiger partial charge in [-0.1, -0.05) is 17.7 Å². The number of hydrogen-bond acceptors (Lipinski definition) is 3. The number of thiophene rings is 1. The van der Waals surface area contributed by atoms with E-state index in [4.69, 9.17) is 11.6 Å². The summed E-state index contributed by atoms with van der Waals surface area (Å²) in [6.45, 7) is 7.12. The Kier molecular flexibility index (Phi) is 4.63. The van der Waals surface area contributed by atoms with Crippen molar-refractivity contribution < 1.29 is 9.18 Å². The predicted octanol–water partition coefficient (Wildman–Crippen LogP) is 4.72. The van der Waals surface area contributed by atoms with E-state index >= 15 is 0 Å². The Morgan fingerprint density at radius 3 is 2.73 bits per heavy atom. The van der Waals surface area contributed by atoms with Crippen molar-refractivity contribution in [2.24, 2.45) is 0 Å². The summed E-state index contributed by atoms with van der Waals surface area (Å²) >= 11 is 7.29. The van der Waals surface area contributed by atoms with Crippen molar-refractivity contribution in [3.63, 3.8) is 0 Å². The molecule has 3 nitrogen and oxygen atoms in total. The number of piperidine rings is 1. The van der Waals surface area contributed by atoms with Crippen molar-refractivity contribution >= 4 is 34.5 Å². The second kappa shape index (κ2) is 6.80. The second-order valence-electron chi connectivity index (χ2n) is 7.03. The topological polar surface area (TPSA) is 23.6 Å². The molecule has 0 aliphatic carbocycles. The van der Waals surface area contributed by atoms with Gasteiger partial charge in [0, 0.05) is 24.2 Å². The summed E-state index contributed by atoms with van der Waals surface area (Å²) in [5.74, 6) is -0.301. The van der Waals surface area contributed by atoms with Gasteiger partial charge < -0.3 is 4.90 Å². The molecule has 1 fully saturated rings. The molecule has 2 aromatic rings. The summed E-state index contributed by atoms with van der Waals surface area (Å²) in [6, 6.07) is 8.29. The van der Waals surface area contributed by atoms with Crippen LogP contribution in [0.2, 0.25) is 4.34 Å². The standard InChI is InChI=1S/C20H20ClFN2OS/c1-2-9-23-10-7-20(8-11-23)13-24(16-4-3-14(22)12-15(16)20)19(25)17-5-6-18(21)26-17/h2-6,12H,1,7-11,13H2. The van der Waals surface area contributed by atoms with E-state index in [0.717, 1.165) is 43.7 Å². The van der Waals surface area contributed by atoms with E-state index in [2.05, 4.69) is 11.5 Å². The Morgan fingerprint density at radius 2 is 2.08 bits per heavy atom. The fraction of sp³-hybridized carbons (Fsp3) is 0.350. The first-order valence-electron chi connectivity index (χ1n) is 8.73. The zero-order valence-corrected chi connectivity index (χ0v) is 16.0. The number of carbonyl (C=O) groups excluding carboxylic acids is 1. The molecule has 0 atom stereocenters. The molecule has 0 radical (unpaired) electrons. The van der Waals surface area contributed by atoms with E-state index < -0.39 is 0 Å². The van der Waals surface area contributed by atoms with Crippen LogP contribution in [0.15, 0.2) is 43.0 Å². The maximum Gasteiger partial charge on any atom is 0.268 e. The lowest BCUT2D eigenvalue weighted by Crippen LogP contribution is -2.46. The van der Waals surface area contributed by atoms with Crippen molar-refractivity contribution in [1.29, 1.82) is 0 Å². The molecule has 2 aliphatic heterocycles. The Morgan fingerprint density at radius 1 is 1.31 bits per heavy atom. The number of likely N-dealkylation sites (tertiary alicyclic amines) is 1. The molecule has 0 bridgehead atoms. The number of anilines is 1. The van der Waals surface area contributed by atoms with Crippen molar-refractivity contribution in [3.05, 3.63) is 63.6 Å². The fourth-order valence-electron chi connectivity index (χ4n) is 4.16. The molecule has 0 unspecified atom stereocenters. The highest BCUT2D eigenvalue weighted by Gasteiger charge is 2.46. The maximum atomic E-state index is 14.0. The molecule has 6 heteroatoms. The highest BCUT2D eigenvalue weighted by molar-refractivity contribution is 7.18. The van der Waals surface area contributed by atoms with E-state index in [1.807, 2.05) is 6.08 Å². The average Bonchev–Trinajstić information content (AvgIpc) is 3.19. The van der Waals surface area contributed by atoms with Crippen LogP contribution in [0.25, 0.3) is 0 Å². The van der Waals surface area contributed by atoms with Gasteiger partial charge in [-0.2, -0.15) is 0 Å². The minimum absolute atomic E-state index is 0.0554. The number of benzene rings is 1. The smallest absolute Gasteiger partial charge is 0.268 e. The molecular weight excluding hydrogens is 371 g/mol. The average molecular weight is 391 g/mol. The summed E-state index contributed by atoms with van der Waals surface area (Å²) < 4.78 is 14.6. The molecule has 3 heterocycles. The highest BCUT2D eigenvalue weighted by Crippen LogP contribution is 2.48. The lowest BCUT2D eigenvalue weighted by atomic mass is 9.74. The quantitative estimate of drug-likeness (QED) is 0.708. The monoisotopic (exact) mass is 390 g/mol. The molecule has 1 amide bonds. The number of fused-ring (bicyclic) bond motifs is 2. The van der Waals surface area contributed by atoms with Gasteiger partial charge >= 0.3 is 0 Å². The van der Waals surface area contributed by atoms with Crippen LogP contribution in [0.1, 0.15) is 28.1 Å². The Balaban J connectivity index is 1.68. The molecule has 1 saturated heterocycles. The number of halogens is 2. The predicted molar refractivity (Wildman–Crippen MR) is 105 cm³/mol. The van der Waals surface area contributed by atoms with Crippen LogP contribution in [-0.2, 0) is 5.41 Å². The van der Waals surface area contributed by atoms with Gasteiger partial charge in [-0.05, 0) is 61.8 Å².